The van der Waals surface area contributed by atoms with E-state index in [1.54, 1.807) is 35.8 Å². The van der Waals surface area contributed by atoms with Crippen molar-refractivity contribution in [2.24, 2.45) is 5.73 Å². The Labute approximate surface area is 104 Å². The number of nitrogens with two attached hydrogens (primary N) is 1. The van der Waals surface area contributed by atoms with E-state index in [1.807, 2.05) is 18.4 Å². The molecule has 0 aliphatic heterocycles. The van der Waals surface area contributed by atoms with Crippen LogP contribution in [-0.4, -0.2) is 27.0 Å². The summed E-state index contributed by atoms with van der Waals surface area (Å²) in [6.07, 6.45) is 2.83. The van der Waals surface area contributed by atoms with Crippen molar-refractivity contribution in [3.63, 3.8) is 0 Å². The van der Waals surface area contributed by atoms with Crippen molar-refractivity contribution >= 4 is 21.6 Å². The van der Waals surface area contributed by atoms with E-state index in [9.17, 15) is 0 Å². The maximum absolute atomic E-state index is 5.57. The zero-order valence-electron chi connectivity index (χ0n) is 9.78. The summed E-state index contributed by atoms with van der Waals surface area (Å²) in [4.78, 5) is 1.08. The highest BCUT2D eigenvalue weighted by atomic mass is 33.1. The fourth-order valence-corrected chi connectivity index (χ4v) is 2.93. The van der Waals surface area contributed by atoms with Gasteiger partial charge in [-0.25, -0.2) is 0 Å². The predicted molar refractivity (Wildman–Crippen MR) is 71.7 cm³/mol. The summed E-state index contributed by atoms with van der Waals surface area (Å²) in [7, 11) is 6.70. The second kappa shape index (κ2) is 6.93. The van der Waals surface area contributed by atoms with Crippen molar-refractivity contribution in [1.29, 1.82) is 0 Å². The Bertz CT molecular complexity index is 311. The van der Waals surface area contributed by atoms with Crippen LogP contribution < -0.4 is 15.2 Å². The lowest BCUT2D eigenvalue weighted by Gasteiger charge is -2.13. The predicted octanol–water partition coefficient (Wildman–Crippen LogP) is 2.58. The third-order valence-corrected chi connectivity index (χ3v) is 3.86. The molecular formula is C11H17NO2S2. The van der Waals surface area contributed by atoms with Crippen LogP contribution in [0.2, 0.25) is 0 Å². The van der Waals surface area contributed by atoms with Gasteiger partial charge in [-0.15, -0.1) is 0 Å². The fraction of sp³-hybridized carbons (Fsp3) is 0.455. The minimum absolute atomic E-state index is 0.606. The molecule has 0 atom stereocenters. The summed E-state index contributed by atoms with van der Waals surface area (Å²) in [5.74, 6) is 1.76. The lowest BCUT2D eigenvalue weighted by molar-refractivity contribution is 0.390. The molecule has 0 aromatic heterocycles. The zero-order valence-corrected chi connectivity index (χ0v) is 11.4. The summed E-state index contributed by atoms with van der Waals surface area (Å²) in [6.45, 7) is 0.606. The van der Waals surface area contributed by atoms with Crippen molar-refractivity contribution in [2.75, 3.05) is 27.0 Å². The van der Waals surface area contributed by atoms with E-state index < -0.39 is 0 Å². The Morgan fingerprint density at radius 2 is 1.88 bits per heavy atom. The smallest absolute Gasteiger partial charge is 0.133 e. The van der Waals surface area contributed by atoms with Gasteiger partial charge in [0.15, 0.2) is 0 Å². The van der Waals surface area contributed by atoms with Gasteiger partial charge in [-0.1, -0.05) is 21.6 Å². The summed E-state index contributed by atoms with van der Waals surface area (Å²) in [5.41, 5.74) is 6.66. The quantitative estimate of drug-likeness (QED) is 0.796. The molecule has 0 heterocycles. The van der Waals surface area contributed by atoms with Crippen molar-refractivity contribution in [3.8, 4) is 11.5 Å². The average Bonchev–Trinajstić information content (AvgIpc) is 2.31. The highest BCUT2D eigenvalue weighted by Crippen LogP contribution is 2.40. The van der Waals surface area contributed by atoms with E-state index in [-0.39, 0.29) is 0 Å². The standard InChI is InChI=1S/C11H17NO2S2/c1-13-9-7-11(16-15-3)10(14-2)6-8(9)4-5-12/h6-7H,4-5,12H2,1-3H3. The van der Waals surface area contributed by atoms with Crippen molar-refractivity contribution in [1.82, 2.24) is 0 Å². The number of hydrogen-bond donors (Lipinski definition) is 1. The molecule has 16 heavy (non-hydrogen) atoms. The van der Waals surface area contributed by atoms with Gasteiger partial charge in [0.05, 0.1) is 19.1 Å². The van der Waals surface area contributed by atoms with Gasteiger partial charge in [0.1, 0.15) is 11.5 Å². The maximum atomic E-state index is 5.57. The topological polar surface area (TPSA) is 44.5 Å². The monoisotopic (exact) mass is 259 g/mol. The lowest BCUT2D eigenvalue weighted by Crippen LogP contribution is -2.05. The molecule has 0 amide bonds. The van der Waals surface area contributed by atoms with Crippen LogP contribution in [0.4, 0.5) is 0 Å². The number of rotatable bonds is 6. The largest absolute Gasteiger partial charge is 0.496 e. The van der Waals surface area contributed by atoms with Crippen LogP contribution in [0.1, 0.15) is 5.56 Å². The molecule has 1 aromatic rings. The Morgan fingerprint density at radius 3 is 2.38 bits per heavy atom. The van der Waals surface area contributed by atoms with E-state index in [4.69, 9.17) is 15.2 Å². The molecule has 0 aliphatic rings. The van der Waals surface area contributed by atoms with Crippen LogP contribution in [0.5, 0.6) is 11.5 Å². The second-order valence-electron chi connectivity index (χ2n) is 3.10. The number of ether oxygens (including phenoxy) is 2. The summed E-state index contributed by atoms with van der Waals surface area (Å²) in [5, 5.41) is 0. The SMILES string of the molecule is COc1cc(SSC)c(OC)cc1CCN. The zero-order chi connectivity index (χ0) is 12.0. The van der Waals surface area contributed by atoms with Gasteiger partial charge >= 0.3 is 0 Å². The lowest BCUT2D eigenvalue weighted by atomic mass is 10.1. The Balaban J connectivity index is 3.11. The van der Waals surface area contributed by atoms with Crippen LogP contribution in [0.25, 0.3) is 0 Å². The first-order valence-corrected chi connectivity index (χ1v) is 7.48. The molecule has 0 aliphatic carbocycles. The molecule has 0 spiro atoms. The molecule has 5 heteroatoms. The minimum atomic E-state index is 0.606. The van der Waals surface area contributed by atoms with Gasteiger partial charge in [0.25, 0.3) is 0 Å². The molecule has 3 nitrogen and oxygen atoms in total. The third kappa shape index (κ3) is 3.23. The minimum Gasteiger partial charge on any atom is -0.496 e. The van der Waals surface area contributed by atoms with Gasteiger partial charge in [-0.05, 0) is 36.9 Å². The highest BCUT2D eigenvalue weighted by Gasteiger charge is 2.10. The number of benzene rings is 1. The third-order valence-electron chi connectivity index (χ3n) is 2.15. The van der Waals surface area contributed by atoms with Gasteiger partial charge in [-0.3, -0.25) is 0 Å². The Hall–Kier alpha value is -0.520. The fourth-order valence-electron chi connectivity index (χ4n) is 1.44. The molecule has 0 bridgehead atoms. The molecule has 0 fully saturated rings. The Kier molecular flexibility index (Phi) is 5.87. The van der Waals surface area contributed by atoms with Crippen LogP contribution in [0.15, 0.2) is 17.0 Å². The van der Waals surface area contributed by atoms with Gasteiger partial charge in [0, 0.05) is 0 Å². The highest BCUT2D eigenvalue weighted by molar-refractivity contribution is 8.76. The molecule has 0 saturated carbocycles. The molecule has 0 unspecified atom stereocenters. The number of hydrogen-bond acceptors (Lipinski definition) is 5. The van der Waals surface area contributed by atoms with Gasteiger partial charge in [-0.2, -0.15) is 0 Å². The van der Waals surface area contributed by atoms with Gasteiger partial charge in [0.2, 0.25) is 0 Å². The first kappa shape index (κ1) is 13.5. The molecular weight excluding hydrogens is 242 g/mol. The van der Waals surface area contributed by atoms with Crippen LogP contribution in [-0.2, 0) is 6.42 Å². The number of methoxy groups -OCH3 is 2. The second-order valence-corrected chi connectivity index (χ2v) is 5.54. The first-order chi connectivity index (χ1) is 7.76. The molecule has 90 valence electrons. The van der Waals surface area contributed by atoms with E-state index in [0.717, 1.165) is 28.4 Å². The van der Waals surface area contributed by atoms with Crippen molar-refractivity contribution < 1.29 is 9.47 Å². The van der Waals surface area contributed by atoms with E-state index in [0.29, 0.717) is 6.54 Å². The molecule has 0 saturated heterocycles. The van der Waals surface area contributed by atoms with E-state index in [1.165, 1.54) is 0 Å². The molecule has 1 rings (SSSR count). The first-order valence-electron chi connectivity index (χ1n) is 4.92. The van der Waals surface area contributed by atoms with Gasteiger partial charge < -0.3 is 15.2 Å². The Morgan fingerprint density at radius 1 is 1.19 bits per heavy atom. The summed E-state index contributed by atoms with van der Waals surface area (Å²) < 4.78 is 10.7. The van der Waals surface area contributed by atoms with E-state index in [2.05, 4.69) is 0 Å². The van der Waals surface area contributed by atoms with Crippen LogP contribution in [0.3, 0.4) is 0 Å². The molecule has 2 N–H and O–H groups in total. The summed E-state index contributed by atoms with van der Waals surface area (Å²) in [6, 6.07) is 4.01. The maximum Gasteiger partial charge on any atom is 0.133 e. The molecule has 0 radical (unpaired) electrons. The van der Waals surface area contributed by atoms with E-state index >= 15 is 0 Å². The van der Waals surface area contributed by atoms with Crippen molar-refractivity contribution in [2.45, 2.75) is 11.3 Å². The normalized spacial score (nSPS) is 10.2. The van der Waals surface area contributed by atoms with Crippen LogP contribution >= 0.6 is 21.6 Å². The molecule has 1 aromatic carbocycles. The van der Waals surface area contributed by atoms with Crippen LogP contribution in [0, 0.1) is 0 Å². The summed E-state index contributed by atoms with van der Waals surface area (Å²) >= 11 is 0. The van der Waals surface area contributed by atoms with Crippen molar-refractivity contribution in [3.05, 3.63) is 17.7 Å². The average molecular weight is 259 g/mol.